The highest BCUT2D eigenvalue weighted by atomic mass is 32.1. The van der Waals surface area contributed by atoms with Crippen molar-refractivity contribution in [3.05, 3.63) is 94.2 Å². The van der Waals surface area contributed by atoms with Gasteiger partial charge in [0.25, 0.3) is 0 Å². The van der Waals surface area contributed by atoms with Gasteiger partial charge in [-0.25, -0.2) is 4.39 Å². The van der Waals surface area contributed by atoms with E-state index in [1.54, 1.807) is 10.6 Å². The second kappa shape index (κ2) is 7.71. The fourth-order valence-corrected chi connectivity index (χ4v) is 4.80. The van der Waals surface area contributed by atoms with E-state index in [-0.39, 0.29) is 11.7 Å². The number of aromatic nitrogens is 4. The van der Waals surface area contributed by atoms with Crippen LogP contribution in [-0.4, -0.2) is 19.8 Å². The topological polar surface area (TPSA) is 43.1 Å². The number of benzene rings is 3. The molecule has 5 rings (SSSR count). The van der Waals surface area contributed by atoms with Crippen LogP contribution in [0.15, 0.2) is 66.7 Å². The van der Waals surface area contributed by atoms with Gasteiger partial charge in [0.1, 0.15) is 10.8 Å². The van der Waals surface area contributed by atoms with Crippen molar-refractivity contribution in [2.45, 2.75) is 26.7 Å². The molecule has 0 saturated heterocycles. The summed E-state index contributed by atoms with van der Waals surface area (Å²) in [5.41, 5.74) is 5.69. The number of nitrogens with zero attached hydrogens (tertiary/aromatic N) is 4. The van der Waals surface area contributed by atoms with Crippen LogP contribution in [-0.2, 0) is 0 Å². The lowest BCUT2D eigenvalue weighted by Crippen LogP contribution is -1.99. The summed E-state index contributed by atoms with van der Waals surface area (Å²) in [4.78, 5) is 0.734. The molecule has 0 aliphatic rings. The zero-order valence-corrected chi connectivity index (χ0v) is 18.3. The summed E-state index contributed by atoms with van der Waals surface area (Å²) in [6.07, 6.45) is 0. The molecule has 0 aliphatic heterocycles. The van der Waals surface area contributed by atoms with Crippen molar-refractivity contribution in [3.63, 3.8) is 0 Å². The molecule has 154 valence electrons. The van der Waals surface area contributed by atoms with Gasteiger partial charge >= 0.3 is 0 Å². The molecule has 0 saturated carbocycles. The Morgan fingerprint density at radius 1 is 0.871 bits per heavy atom. The molecule has 2 heterocycles. The summed E-state index contributed by atoms with van der Waals surface area (Å²) in [6, 6.07) is 21.3. The lowest BCUT2D eigenvalue weighted by Gasteiger charge is -2.11. The predicted octanol–water partition coefficient (Wildman–Crippen LogP) is 6.43. The molecule has 0 bridgehead atoms. The van der Waals surface area contributed by atoms with E-state index in [0.717, 1.165) is 32.5 Å². The van der Waals surface area contributed by atoms with Gasteiger partial charge in [-0.05, 0) is 43.2 Å². The number of fused-ring (bicyclic) bond motifs is 1. The number of hydrogen-bond acceptors (Lipinski definition) is 4. The third kappa shape index (κ3) is 3.64. The molecule has 0 N–H and O–H groups in total. The van der Waals surface area contributed by atoms with Gasteiger partial charge in [-0.2, -0.15) is 9.61 Å². The van der Waals surface area contributed by atoms with Gasteiger partial charge in [0.2, 0.25) is 4.96 Å². The number of aryl methyl sites for hydroxylation is 2. The van der Waals surface area contributed by atoms with Gasteiger partial charge < -0.3 is 0 Å². The summed E-state index contributed by atoms with van der Waals surface area (Å²) < 4.78 is 16.7. The molecule has 1 atom stereocenters. The predicted molar refractivity (Wildman–Crippen MR) is 123 cm³/mol. The van der Waals surface area contributed by atoms with E-state index >= 15 is 0 Å². The first-order valence-electron chi connectivity index (χ1n) is 10.2. The van der Waals surface area contributed by atoms with Gasteiger partial charge in [-0.15, -0.1) is 10.2 Å². The van der Waals surface area contributed by atoms with Crippen LogP contribution in [0.1, 0.15) is 34.5 Å². The van der Waals surface area contributed by atoms with Crippen molar-refractivity contribution in [1.29, 1.82) is 0 Å². The Kier molecular flexibility index (Phi) is 4.87. The Labute approximate surface area is 184 Å². The van der Waals surface area contributed by atoms with Crippen LogP contribution in [0, 0.1) is 19.7 Å². The lowest BCUT2D eigenvalue weighted by atomic mass is 9.97. The third-order valence-corrected chi connectivity index (χ3v) is 6.52. The van der Waals surface area contributed by atoms with E-state index < -0.39 is 0 Å². The molecule has 1 unspecified atom stereocenters. The minimum absolute atomic E-state index is 0.0573. The fraction of sp³-hybridized carbons (Fsp3) is 0.160. The Morgan fingerprint density at radius 3 is 2.32 bits per heavy atom. The zero-order chi connectivity index (χ0) is 21.5. The normalized spacial score (nSPS) is 12.4. The molecule has 0 amide bonds. The van der Waals surface area contributed by atoms with E-state index in [4.69, 9.17) is 5.10 Å². The minimum Gasteiger partial charge on any atom is -0.206 e. The van der Waals surface area contributed by atoms with Crippen LogP contribution in [0.25, 0.3) is 27.5 Å². The molecule has 5 aromatic rings. The van der Waals surface area contributed by atoms with E-state index in [9.17, 15) is 4.39 Å². The third-order valence-electron chi connectivity index (χ3n) is 5.43. The van der Waals surface area contributed by atoms with Crippen LogP contribution in [0.4, 0.5) is 4.39 Å². The smallest absolute Gasteiger partial charge is 0.206 e. The monoisotopic (exact) mass is 428 g/mol. The van der Waals surface area contributed by atoms with Crippen LogP contribution in [0.2, 0.25) is 0 Å². The molecular weight excluding hydrogens is 407 g/mol. The van der Waals surface area contributed by atoms with Crippen molar-refractivity contribution in [2.75, 3.05) is 0 Å². The van der Waals surface area contributed by atoms with Crippen LogP contribution < -0.4 is 0 Å². The van der Waals surface area contributed by atoms with Crippen molar-refractivity contribution < 1.29 is 4.39 Å². The second-order valence-electron chi connectivity index (χ2n) is 7.86. The summed E-state index contributed by atoms with van der Waals surface area (Å²) in [5, 5.41) is 14.3. The maximum atomic E-state index is 14.9. The molecule has 0 radical (unpaired) electrons. The Bertz CT molecular complexity index is 1370. The maximum absolute atomic E-state index is 14.9. The quantitative estimate of drug-likeness (QED) is 0.331. The van der Waals surface area contributed by atoms with Gasteiger partial charge in [-0.1, -0.05) is 77.9 Å². The highest BCUT2D eigenvalue weighted by molar-refractivity contribution is 7.16. The zero-order valence-electron chi connectivity index (χ0n) is 17.5. The van der Waals surface area contributed by atoms with E-state index in [0.29, 0.717) is 5.56 Å². The summed E-state index contributed by atoms with van der Waals surface area (Å²) >= 11 is 1.49. The Morgan fingerprint density at radius 2 is 1.61 bits per heavy atom. The first kappa shape index (κ1) is 19.6. The average Bonchev–Trinajstić information content (AvgIpc) is 3.34. The summed E-state index contributed by atoms with van der Waals surface area (Å²) in [7, 11) is 0. The van der Waals surface area contributed by atoms with Crippen molar-refractivity contribution >= 4 is 16.3 Å². The fourth-order valence-electron chi connectivity index (χ4n) is 3.89. The van der Waals surface area contributed by atoms with Gasteiger partial charge in [0.05, 0.1) is 0 Å². The first-order chi connectivity index (χ1) is 15.0. The lowest BCUT2D eigenvalue weighted by molar-refractivity contribution is 0.627. The molecule has 3 aromatic carbocycles. The largest absolute Gasteiger partial charge is 0.234 e. The highest BCUT2D eigenvalue weighted by Crippen LogP contribution is 2.32. The molecular formula is C25H21FN4S. The summed E-state index contributed by atoms with van der Waals surface area (Å²) in [5.74, 6) is 0.440. The van der Waals surface area contributed by atoms with Crippen molar-refractivity contribution in [2.24, 2.45) is 0 Å². The van der Waals surface area contributed by atoms with Crippen molar-refractivity contribution in [3.8, 4) is 22.5 Å². The van der Waals surface area contributed by atoms with E-state index in [2.05, 4.69) is 42.2 Å². The van der Waals surface area contributed by atoms with Gasteiger partial charge in [0, 0.05) is 17.0 Å². The SMILES string of the molecule is Cc1cc(C)cc(-c2nnc3sc(C(C)c4ccc(-c5ccccc5)c(F)c4)nn23)c1. The van der Waals surface area contributed by atoms with Crippen LogP contribution in [0.3, 0.4) is 0 Å². The molecule has 0 aliphatic carbocycles. The van der Waals surface area contributed by atoms with E-state index in [1.165, 1.54) is 22.5 Å². The second-order valence-corrected chi connectivity index (χ2v) is 8.85. The van der Waals surface area contributed by atoms with Gasteiger partial charge in [-0.3, -0.25) is 0 Å². The highest BCUT2D eigenvalue weighted by Gasteiger charge is 2.20. The average molecular weight is 429 g/mol. The maximum Gasteiger partial charge on any atom is 0.234 e. The molecule has 0 spiro atoms. The summed E-state index contributed by atoms with van der Waals surface area (Å²) in [6.45, 7) is 6.17. The number of halogens is 1. The van der Waals surface area contributed by atoms with Gasteiger partial charge in [0.15, 0.2) is 5.82 Å². The Balaban J connectivity index is 1.50. The number of hydrogen-bond donors (Lipinski definition) is 0. The van der Waals surface area contributed by atoms with Crippen molar-refractivity contribution in [1.82, 2.24) is 19.8 Å². The molecule has 0 fully saturated rings. The molecule has 4 nitrogen and oxygen atoms in total. The molecule has 31 heavy (non-hydrogen) atoms. The Hall–Kier alpha value is -3.38. The van der Waals surface area contributed by atoms with E-state index in [1.807, 2.05) is 49.4 Å². The minimum atomic E-state index is -0.227. The first-order valence-corrected chi connectivity index (χ1v) is 11.0. The number of rotatable bonds is 4. The molecule has 6 heteroatoms. The standard InChI is InChI=1S/C25H21FN4S/c1-15-11-16(2)13-20(12-15)23-27-28-25-30(23)29-24(31-25)17(3)19-9-10-21(22(26)14-19)18-7-5-4-6-8-18/h4-14,17H,1-3H3. The molecule has 2 aromatic heterocycles. The van der Waals surface area contributed by atoms with Crippen LogP contribution in [0.5, 0.6) is 0 Å². The van der Waals surface area contributed by atoms with Crippen LogP contribution >= 0.6 is 11.3 Å².